The molecule has 0 saturated heterocycles. The average molecular weight is 439 g/mol. The molecule has 0 aliphatic heterocycles. The molecule has 0 atom stereocenters. The predicted octanol–water partition coefficient (Wildman–Crippen LogP) is 5.58. The number of benzene rings is 2. The van der Waals surface area contributed by atoms with Crippen LogP contribution < -0.4 is 5.32 Å². The number of aryl methyl sites for hydroxylation is 1. The number of halogens is 1. The predicted molar refractivity (Wildman–Crippen MR) is 125 cm³/mol. The molecular weight excluding hydrogens is 417 g/mol. The number of ketones is 1. The van der Waals surface area contributed by atoms with Crippen LogP contribution in [-0.2, 0) is 12.8 Å². The summed E-state index contributed by atoms with van der Waals surface area (Å²) in [5.41, 5.74) is 5.93. The minimum Gasteiger partial charge on any atom is -0.358 e. The van der Waals surface area contributed by atoms with Gasteiger partial charge in [-0.05, 0) is 60.4 Å². The minimum absolute atomic E-state index is 0.170. The van der Waals surface area contributed by atoms with Crippen molar-refractivity contribution in [3.8, 4) is 11.3 Å². The summed E-state index contributed by atoms with van der Waals surface area (Å²) in [5, 5.41) is 2.77. The first-order valence-corrected chi connectivity index (χ1v) is 10.9. The van der Waals surface area contributed by atoms with Crippen LogP contribution in [0, 0.1) is 5.82 Å². The third-order valence-corrected chi connectivity index (χ3v) is 5.91. The van der Waals surface area contributed by atoms with E-state index in [4.69, 9.17) is 0 Å². The highest BCUT2D eigenvalue weighted by Gasteiger charge is 2.26. The Labute approximate surface area is 190 Å². The van der Waals surface area contributed by atoms with Crippen LogP contribution in [0.4, 0.5) is 10.2 Å². The number of nitrogens with zero attached hydrogens (tertiary/aromatic N) is 1. The Morgan fingerprint density at radius 3 is 2.61 bits per heavy atom. The fourth-order valence-corrected chi connectivity index (χ4v) is 4.34. The van der Waals surface area contributed by atoms with Crippen molar-refractivity contribution in [2.24, 2.45) is 0 Å². The normalized spacial score (nSPS) is 12.9. The van der Waals surface area contributed by atoms with Crippen LogP contribution in [0.5, 0.6) is 0 Å². The molecule has 0 spiro atoms. The molecule has 0 bridgehead atoms. The molecule has 0 radical (unpaired) electrons. The lowest BCUT2D eigenvalue weighted by molar-refractivity contribution is 0.0970. The van der Waals surface area contributed by atoms with Crippen molar-refractivity contribution in [3.05, 3.63) is 107 Å². The Bertz CT molecular complexity index is 1330. The van der Waals surface area contributed by atoms with E-state index in [-0.39, 0.29) is 11.7 Å². The van der Waals surface area contributed by atoms with Crippen molar-refractivity contribution >= 4 is 17.5 Å². The van der Waals surface area contributed by atoms with Gasteiger partial charge in [0.25, 0.3) is 5.91 Å². The van der Waals surface area contributed by atoms with Gasteiger partial charge in [-0.2, -0.15) is 0 Å². The number of Topliss-reactive ketones (excluding diaryl/α,β-unsaturated/α-hetero) is 1. The molecule has 6 heteroatoms. The number of amides is 1. The quantitative estimate of drug-likeness (QED) is 0.426. The fourth-order valence-electron chi connectivity index (χ4n) is 4.34. The number of anilines is 1. The molecule has 1 aliphatic rings. The molecule has 0 saturated carbocycles. The second-order valence-corrected chi connectivity index (χ2v) is 8.16. The highest BCUT2D eigenvalue weighted by molar-refractivity contribution is 6.04. The van der Waals surface area contributed by atoms with Gasteiger partial charge in [-0.3, -0.25) is 9.59 Å². The molecule has 164 valence electrons. The number of carbonyl (C=O) groups excluding carboxylic acids is 2. The largest absolute Gasteiger partial charge is 0.358 e. The molecule has 2 heterocycles. The second kappa shape index (κ2) is 8.82. The zero-order valence-electron chi connectivity index (χ0n) is 17.9. The molecule has 1 amide bonds. The zero-order chi connectivity index (χ0) is 22.8. The zero-order valence-corrected chi connectivity index (χ0v) is 17.9. The Hall–Kier alpha value is -4.06. The van der Waals surface area contributed by atoms with Crippen molar-refractivity contribution in [3.63, 3.8) is 0 Å². The molecule has 2 aromatic carbocycles. The maximum Gasteiger partial charge on any atom is 0.256 e. The van der Waals surface area contributed by atoms with Crippen LogP contribution in [0.25, 0.3) is 11.3 Å². The first-order chi connectivity index (χ1) is 16.1. The number of rotatable bonds is 5. The fraction of sp³-hybridized carbons (Fsp3) is 0.148. The van der Waals surface area contributed by atoms with Crippen molar-refractivity contribution in [1.29, 1.82) is 0 Å². The third kappa shape index (κ3) is 4.32. The van der Waals surface area contributed by atoms with Crippen LogP contribution >= 0.6 is 0 Å². The van der Waals surface area contributed by atoms with Crippen molar-refractivity contribution in [2.75, 3.05) is 5.32 Å². The van der Waals surface area contributed by atoms with Crippen LogP contribution in [0.1, 0.15) is 50.4 Å². The van der Waals surface area contributed by atoms with E-state index in [2.05, 4.69) is 27.4 Å². The summed E-state index contributed by atoms with van der Waals surface area (Å²) in [7, 11) is 0. The number of aromatic amines is 1. The van der Waals surface area contributed by atoms with E-state index >= 15 is 0 Å². The summed E-state index contributed by atoms with van der Waals surface area (Å²) in [4.78, 5) is 33.1. The van der Waals surface area contributed by atoms with Crippen LogP contribution in [0.15, 0.2) is 72.9 Å². The van der Waals surface area contributed by atoms with Crippen LogP contribution in [-0.4, -0.2) is 21.7 Å². The van der Waals surface area contributed by atoms with Gasteiger partial charge < -0.3 is 10.3 Å². The van der Waals surface area contributed by atoms with Crippen molar-refractivity contribution < 1.29 is 14.0 Å². The molecule has 5 nitrogen and oxygen atoms in total. The number of hydrogen-bond acceptors (Lipinski definition) is 3. The number of H-pyrrole nitrogens is 1. The number of hydrogen-bond donors (Lipinski definition) is 2. The summed E-state index contributed by atoms with van der Waals surface area (Å²) in [6.45, 7) is 0. The van der Waals surface area contributed by atoms with Gasteiger partial charge in [0, 0.05) is 41.4 Å². The van der Waals surface area contributed by atoms with E-state index in [9.17, 15) is 14.0 Å². The van der Waals surface area contributed by atoms with Gasteiger partial charge in [-0.1, -0.05) is 30.3 Å². The van der Waals surface area contributed by atoms with Gasteiger partial charge in [0.15, 0.2) is 5.78 Å². The standard InChI is InChI=1S/C27H22FN3O2/c28-20-11-9-18(10-12-20)27(33)31-24-16-19(13-14-29-24)26-21(15-17-5-2-1-3-6-17)25-22(30-26)7-4-8-23(25)32/h1-3,5-6,9-14,16,30H,4,7-8,15H2,(H,29,31,33). The van der Waals surface area contributed by atoms with Gasteiger partial charge in [0.2, 0.25) is 0 Å². The summed E-state index contributed by atoms with van der Waals surface area (Å²) in [6, 6.07) is 19.1. The third-order valence-electron chi connectivity index (χ3n) is 5.91. The van der Waals surface area contributed by atoms with Gasteiger partial charge in [0.1, 0.15) is 11.6 Å². The van der Waals surface area contributed by atoms with Crippen molar-refractivity contribution in [2.45, 2.75) is 25.7 Å². The van der Waals surface area contributed by atoms with Gasteiger partial charge >= 0.3 is 0 Å². The molecule has 1 aliphatic carbocycles. The van der Waals surface area contributed by atoms with E-state index in [0.717, 1.165) is 46.5 Å². The van der Waals surface area contributed by atoms with Crippen molar-refractivity contribution in [1.82, 2.24) is 9.97 Å². The summed E-state index contributed by atoms with van der Waals surface area (Å²) < 4.78 is 13.2. The molecule has 0 unspecified atom stereocenters. The Kier molecular flexibility index (Phi) is 5.57. The SMILES string of the molecule is O=C(Nc1cc(-c2[nH]c3c(c2Cc2ccccc2)C(=O)CCC3)ccn1)c1ccc(F)cc1. The molecule has 2 aromatic heterocycles. The second-order valence-electron chi connectivity index (χ2n) is 8.16. The Morgan fingerprint density at radius 1 is 1.03 bits per heavy atom. The Balaban J connectivity index is 1.51. The number of pyridine rings is 1. The van der Waals surface area contributed by atoms with Crippen LogP contribution in [0.2, 0.25) is 0 Å². The van der Waals surface area contributed by atoms with E-state index < -0.39 is 5.82 Å². The highest BCUT2D eigenvalue weighted by Crippen LogP contribution is 2.35. The maximum absolute atomic E-state index is 13.2. The van der Waals surface area contributed by atoms with Crippen LogP contribution in [0.3, 0.4) is 0 Å². The van der Waals surface area contributed by atoms with E-state index in [1.54, 1.807) is 12.3 Å². The lowest BCUT2D eigenvalue weighted by atomic mass is 9.90. The molecule has 2 N–H and O–H groups in total. The smallest absolute Gasteiger partial charge is 0.256 e. The maximum atomic E-state index is 13.2. The van der Waals surface area contributed by atoms with Gasteiger partial charge in [0.05, 0.1) is 5.69 Å². The minimum atomic E-state index is -0.400. The number of nitrogens with one attached hydrogen (secondary N) is 2. The lowest BCUT2D eigenvalue weighted by Crippen LogP contribution is -2.13. The molecule has 0 fully saturated rings. The number of carbonyl (C=O) groups is 2. The van der Waals surface area contributed by atoms with E-state index in [1.807, 2.05) is 24.3 Å². The summed E-state index contributed by atoms with van der Waals surface area (Å²) in [5.74, 6) is -0.219. The highest BCUT2D eigenvalue weighted by atomic mass is 19.1. The number of aromatic nitrogens is 2. The summed E-state index contributed by atoms with van der Waals surface area (Å²) in [6.07, 6.45) is 4.49. The monoisotopic (exact) mass is 439 g/mol. The Morgan fingerprint density at radius 2 is 1.82 bits per heavy atom. The topological polar surface area (TPSA) is 74.8 Å². The molecular formula is C27H22FN3O2. The number of fused-ring (bicyclic) bond motifs is 1. The summed E-state index contributed by atoms with van der Waals surface area (Å²) >= 11 is 0. The molecule has 33 heavy (non-hydrogen) atoms. The van der Waals surface area contributed by atoms with Gasteiger partial charge in [-0.25, -0.2) is 9.37 Å². The molecule has 5 rings (SSSR count). The average Bonchev–Trinajstić information content (AvgIpc) is 3.20. The molecule has 4 aromatic rings. The lowest BCUT2D eigenvalue weighted by Gasteiger charge is -2.12. The van der Waals surface area contributed by atoms with E-state index in [1.165, 1.54) is 24.3 Å². The van der Waals surface area contributed by atoms with Gasteiger partial charge in [-0.15, -0.1) is 0 Å². The van der Waals surface area contributed by atoms with E-state index in [0.29, 0.717) is 24.2 Å². The first kappa shape index (κ1) is 20.8. The first-order valence-electron chi connectivity index (χ1n) is 10.9.